The number of sulfonamides is 1. The number of rotatable bonds is 6. The van der Waals surface area contributed by atoms with Crippen molar-refractivity contribution >= 4 is 15.9 Å². The zero-order valence-electron chi connectivity index (χ0n) is 19.7. The fourth-order valence-electron chi connectivity index (χ4n) is 5.00. The molecule has 1 N–H and O–H groups in total. The zero-order chi connectivity index (χ0) is 23.5. The summed E-state index contributed by atoms with van der Waals surface area (Å²) in [5.74, 6) is 1.13. The SMILES string of the molecule is CC1CC(C)CN(C(C)(C)CNC(=O)C2CCN(S(=O)(=O)c3ccccc3C#N)CC2)C1. The molecule has 1 aromatic rings. The summed E-state index contributed by atoms with van der Waals surface area (Å²) >= 11 is 0. The predicted octanol–water partition coefficient (Wildman–Crippen LogP) is 2.83. The van der Waals surface area contributed by atoms with Gasteiger partial charge in [-0.15, -0.1) is 0 Å². The molecule has 0 spiro atoms. The maximum absolute atomic E-state index is 13.0. The molecule has 1 amide bonds. The lowest BCUT2D eigenvalue weighted by molar-refractivity contribution is -0.126. The molecule has 1 aromatic carbocycles. The Bertz CT molecular complexity index is 952. The molecule has 2 unspecified atom stereocenters. The molecule has 176 valence electrons. The Hall–Kier alpha value is -1.95. The molecular weight excluding hydrogens is 424 g/mol. The van der Waals surface area contributed by atoms with Gasteiger partial charge in [0.25, 0.3) is 0 Å². The normalized spacial score (nSPS) is 24.1. The average molecular weight is 461 g/mol. The molecule has 2 fully saturated rings. The molecule has 2 atom stereocenters. The van der Waals surface area contributed by atoms with Gasteiger partial charge in [0.15, 0.2) is 0 Å². The summed E-state index contributed by atoms with van der Waals surface area (Å²) in [7, 11) is -3.74. The maximum Gasteiger partial charge on any atom is 0.244 e. The van der Waals surface area contributed by atoms with Gasteiger partial charge in [0.05, 0.1) is 10.5 Å². The van der Waals surface area contributed by atoms with Crippen LogP contribution in [0.1, 0.15) is 52.5 Å². The van der Waals surface area contributed by atoms with Gasteiger partial charge in [0, 0.05) is 44.2 Å². The summed E-state index contributed by atoms with van der Waals surface area (Å²) in [5, 5.41) is 12.4. The van der Waals surface area contributed by atoms with E-state index in [2.05, 4.69) is 37.9 Å². The Labute approximate surface area is 192 Å². The van der Waals surface area contributed by atoms with Crippen molar-refractivity contribution in [3.05, 3.63) is 29.8 Å². The number of carbonyl (C=O) groups is 1. The van der Waals surface area contributed by atoms with Crippen molar-refractivity contribution in [2.75, 3.05) is 32.7 Å². The molecule has 0 aliphatic carbocycles. The minimum absolute atomic E-state index is 0.00524. The molecule has 32 heavy (non-hydrogen) atoms. The second-order valence-corrected chi connectivity index (χ2v) is 12.1. The first-order valence-corrected chi connectivity index (χ1v) is 13.0. The number of amides is 1. The number of nitrogens with one attached hydrogen (secondary N) is 1. The van der Waals surface area contributed by atoms with Gasteiger partial charge in [-0.05, 0) is 57.1 Å². The third-order valence-corrected chi connectivity index (χ3v) is 8.83. The van der Waals surface area contributed by atoms with Gasteiger partial charge in [0.1, 0.15) is 6.07 Å². The van der Waals surface area contributed by atoms with E-state index >= 15 is 0 Å². The Morgan fingerprint density at radius 1 is 1.16 bits per heavy atom. The standard InChI is InChI=1S/C24H36N4O3S/c1-18-13-19(2)16-27(15-18)24(3,4)17-26-23(29)20-9-11-28(12-10-20)32(30,31)22-8-6-5-7-21(22)14-25/h5-8,18-20H,9-13,15-17H2,1-4H3,(H,26,29). The molecule has 0 aromatic heterocycles. The summed E-state index contributed by atoms with van der Waals surface area (Å²) < 4.78 is 27.4. The number of likely N-dealkylation sites (tertiary alicyclic amines) is 1. The molecule has 0 radical (unpaired) electrons. The molecule has 8 heteroatoms. The minimum atomic E-state index is -3.74. The van der Waals surface area contributed by atoms with Gasteiger partial charge in [-0.1, -0.05) is 26.0 Å². The number of benzene rings is 1. The van der Waals surface area contributed by atoms with E-state index in [0.29, 0.717) is 31.2 Å². The van der Waals surface area contributed by atoms with E-state index in [9.17, 15) is 18.5 Å². The van der Waals surface area contributed by atoms with E-state index < -0.39 is 10.0 Å². The van der Waals surface area contributed by atoms with Gasteiger partial charge in [-0.3, -0.25) is 9.69 Å². The average Bonchev–Trinajstić information content (AvgIpc) is 2.77. The maximum atomic E-state index is 13.0. The van der Waals surface area contributed by atoms with Crippen LogP contribution in [0.2, 0.25) is 0 Å². The fraction of sp³-hybridized carbons (Fsp3) is 0.667. The lowest BCUT2D eigenvalue weighted by Crippen LogP contribution is -2.56. The lowest BCUT2D eigenvalue weighted by atomic mass is 9.88. The number of carbonyl (C=O) groups excluding carboxylic acids is 1. The van der Waals surface area contributed by atoms with Gasteiger partial charge < -0.3 is 5.32 Å². The molecule has 2 aliphatic heterocycles. The van der Waals surface area contributed by atoms with Crippen molar-refractivity contribution in [1.29, 1.82) is 5.26 Å². The van der Waals surface area contributed by atoms with Crippen molar-refractivity contribution in [3.8, 4) is 6.07 Å². The first-order valence-electron chi connectivity index (χ1n) is 11.6. The van der Waals surface area contributed by atoms with E-state index in [-0.39, 0.29) is 40.9 Å². The quantitative estimate of drug-likeness (QED) is 0.705. The highest BCUT2D eigenvalue weighted by Crippen LogP contribution is 2.28. The van der Waals surface area contributed by atoms with Gasteiger partial charge in [-0.25, -0.2) is 8.42 Å². The van der Waals surface area contributed by atoms with Crippen LogP contribution in [0, 0.1) is 29.1 Å². The highest BCUT2D eigenvalue weighted by Gasteiger charge is 2.36. The van der Waals surface area contributed by atoms with E-state index in [1.165, 1.54) is 22.9 Å². The molecule has 2 heterocycles. The topological polar surface area (TPSA) is 93.5 Å². The monoisotopic (exact) mass is 460 g/mol. The molecule has 2 saturated heterocycles. The fourth-order valence-corrected chi connectivity index (χ4v) is 6.61. The van der Waals surface area contributed by atoms with Gasteiger partial charge >= 0.3 is 0 Å². The first kappa shape index (κ1) is 24.7. The Balaban J connectivity index is 1.55. The van der Waals surface area contributed by atoms with Gasteiger partial charge in [0.2, 0.25) is 15.9 Å². The summed E-state index contributed by atoms with van der Waals surface area (Å²) in [6, 6.07) is 8.22. The Morgan fingerprint density at radius 3 is 2.34 bits per heavy atom. The van der Waals surface area contributed by atoms with Crippen molar-refractivity contribution in [3.63, 3.8) is 0 Å². The minimum Gasteiger partial charge on any atom is -0.354 e. The zero-order valence-corrected chi connectivity index (χ0v) is 20.5. The van der Waals surface area contributed by atoms with Crippen molar-refractivity contribution < 1.29 is 13.2 Å². The summed E-state index contributed by atoms with van der Waals surface area (Å²) in [6.07, 6.45) is 2.22. The van der Waals surface area contributed by atoms with Crippen LogP contribution in [0.15, 0.2) is 29.2 Å². The summed E-state index contributed by atoms with van der Waals surface area (Å²) in [5.41, 5.74) is 0.0276. The van der Waals surface area contributed by atoms with Crippen molar-refractivity contribution in [1.82, 2.24) is 14.5 Å². The van der Waals surface area contributed by atoms with Crippen molar-refractivity contribution in [2.45, 2.75) is 57.4 Å². The van der Waals surface area contributed by atoms with E-state index in [1.54, 1.807) is 12.1 Å². The summed E-state index contributed by atoms with van der Waals surface area (Å²) in [6.45, 7) is 12.2. The van der Waals surface area contributed by atoms with Crippen LogP contribution >= 0.6 is 0 Å². The van der Waals surface area contributed by atoms with Crippen LogP contribution in [0.4, 0.5) is 0 Å². The van der Waals surface area contributed by atoms with Crippen LogP contribution in [0.3, 0.4) is 0 Å². The van der Waals surface area contributed by atoms with Crippen molar-refractivity contribution in [2.24, 2.45) is 17.8 Å². The molecule has 2 aliphatic rings. The highest BCUT2D eigenvalue weighted by atomic mass is 32.2. The largest absolute Gasteiger partial charge is 0.354 e. The predicted molar refractivity (Wildman–Crippen MR) is 124 cm³/mol. The molecule has 0 saturated carbocycles. The Kier molecular flexibility index (Phi) is 7.64. The van der Waals surface area contributed by atoms with E-state index in [1.807, 2.05) is 6.07 Å². The summed E-state index contributed by atoms with van der Waals surface area (Å²) in [4.78, 5) is 15.4. The van der Waals surface area contributed by atoms with Crippen LogP contribution in [-0.4, -0.2) is 61.8 Å². The number of piperidine rings is 2. The second-order valence-electron chi connectivity index (χ2n) is 10.2. The van der Waals surface area contributed by atoms with E-state index in [4.69, 9.17) is 0 Å². The van der Waals surface area contributed by atoms with Crippen LogP contribution in [0.25, 0.3) is 0 Å². The highest BCUT2D eigenvalue weighted by molar-refractivity contribution is 7.89. The van der Waals surface area contributed by atoms with Gasteiger partial charge in [-0.2, -0.15) is 9.57 Å². The molecule has 0 bridgehead atoms. The first-order chi connectivity index (χ1) is 15.0. The number of hydrogen-bond donors (Lipinski definition) is 1. The van der Waals surface area contributed by atoms with Crippen LogP contribution < -0.4 is 5.32 Å². The number of nitrogens with zero attached hydrogens (tertiary/aromatic N) is 3. The Morgan fingerprint density at radius 2 is 1.75 bits per heavy atom. The second kappa shape index (κ2) is 9.90. The van der Waals surface area contributed by atoms with Crippen LogP contribution in [-0.2, 0) is 14.8 Å². The smallest absolute Gasteiger partial charge is 0.244 e. The number of hydrogen-bond acceptors (Lipinski definition) is 5. The third-order valence-electron chi connectivity index (χ3n) is 6.87. The van der Waals surface area contributed by atoms with E-state index in [0.717, 1.165) is 13.1 Å². The lowest BCUT2D eigenvalue weighted by Gasteiger charge is -2.45. The molecular formula is C24H36N4O3S. The molecule has 7 nitrogen and oxygen atoms in total. The molecule has 3 rings (SSSR count). The number of nitriles is 1. The van der Waals surface area contributed by atoms with Crippen LogP contribution in [0.5, 0.6) is 0 Å². The third kappa shape index (κ3) is 5.51.